The van der Waals surface area contributed by atoms with Gasteiger partial charge in [-0.2, -0.15) is 13.2 Å². The molecule has 32 heavy (non-hydrogen) atoms. The monoisotopic (exact) mass is 485 g/mol. The lowest BCUT2D eigenvalue weighted by Crippen LogP contribution is -2.36. The largest absolute Gasteiger partial charge is 0.481 e. The molecule has 2 N–H and O–H groups in total. The number of halogens is 3. The Morgan fingerprint density at radius 2 is 1.94 bits per heavy atom. The first kappa shape index (κ1) is 22.0. The molecule has 0 spiro atoms. The van der Waals surface area contributed by atoms with Gasteiger partial charge in [0.1, 0.15) is 5.75 Å². The van der Waals surface area contributed by atoms with Crippen LogP contribution in [-0.4, -0.2) is 31.0 Å². The lowest BCUT2D eigenvalue weighted by Gasteiger charge is -2.31. The number of rotatable bonds is 5. The van der Waals surface area contributed by atoms with Crippen molar-refractivity contribution >= 4 is 43.8 Å². The van der Waals surface area contributed by atoms with Crippen molar-refractivity contribution in [3.8, 4) is 5.75 Å². The number of nitrogens with zero attached hydrogens (tertiary/aromatic N) is 2. The highest BCUT2D eigenvalue weighted by molar-refractivity contribution is 7.93. The van der Waals surface area contributed by atoms with Gasteiger partial charge in [0.2, 0.25) is 0 Å². The molecule has 13 heteroatoms. The first-order chi connectivity index (χ1) is 15.1. The van der Waals surface area contributed by atoms with Crippen LogP contribution in [0.2, 0.25) is 0 Å². The number of aromatic nitrogens is 1. The number of carbonyl (C=O) groups excluding carboxylic acids is 1. The molecule has 0 bridgehead atoms. The highest BCUT2D eigenvalue weighted by Gasteiger charge is 2.34. The minimum atomic E-state index is -4.62. The number of fused-ring (bicyclic) bond motifs is 1. The molecule has 8 nitrogen and oxygen atoms in total. The van der Waals surface area contributed by atoms with E-state index >= 15 is 0 Å². The van der Waals surface area contributed by atoms with Gasteiger partial charge in [0.25, 0.3) is 15.9 Å². The second-order valence-corrected chi connectivity index (χ2v) is 9.17. The van der Waals surface area contributed by atoms with E-state index in [4.69, 9.17) is 4.74 Å². The summed E-state index contributed by atoms with van der Waals surface area (Å²) in [5.41, 5.74) is -0.931. The zero-order chi connectivity index (χ0) is 23.1. The number of sulfonamides is 1. The molecular formula is C19H14F3N3O5S2. The number of benzene rings is 2. The standard InChI is InChI=1S/C19H14F3N3O5S2/c20-19(21,22)12-1-3-14(11(7-12)9-26)25-15-4-2-13(8-16(15)30-10-17(25)27)32(28,29)24-18-23-5-6-31-18/h1-8,26H,9-10H2,(H,23,24). The fraction of sp³-hybridized carbons (Fsp3) is 0.158. The van der Waals surface area contributed by atoms with Crippen LogP contribution in [0.25, 0.3) is 0 Å². The maximum absolute atomic E-state index is 13.0. The van der Waals surface area contributed by atoms with Gasteiger partial charge in [-0.15, -0.1) is 11.3 Å². The van der Waals surface area contributed by atoms with Crippen molar-refractivity contribution in [2.75, 3.05) is 16.2 Å². The summed E-state index contributed by atoms with van der Waals surface area (Å²) in [6.45, 7) is -1.22. The van der Waals surface area contributed by atoms with Crippen LogP contribution in [-0.2, 0) is 27.6 Å². The molecule has 0 radical (unpaired) electrons. The number of alkyl halides is 3. The molecule has 1 aliphatic heterocycles. The van der Waals surface area contributed by atoms with Crippen LogP contribution in [0, 0.1) is 0 Å². The fourth-order valence-corrected chi connectivity index (χ4v) is 4.92. The number of aliphatic hydroxyl groups is 1. The van der Waals surface area contributed by atoms with E-state index in [1.165, 1.54) is 24.4 Å². The summed E-state index contributed by atoms with van der Waals surface area (Å²) in [4.78, 5) is 17.4. The number of nitrogens with one attached hydrogen (secondary N) is 1. The number of anilines is 3. The average Bonchev–Trinajstić information content (AvgIpc) is 3.24. The van der Waals surface area contributed by atoms with Gasteiger partial charge < -0.3 is 9.84 Å². The van der Waals surface area contributed by atoms with Gasteiger partial charge in [0, 0.05) is 23.2 Å². The smallest absolute Gasteiger partial charge is 0.416 e. The van der Waals surface area contributed by atoms with Crippen molar-refractivity contribution in [1.82, 2.24) is 4.98 Å². The van der Waals surface area contributed by atoms with Gasteiger partial charge >= 0.3 is 6.18 Å². The maximum atomic E-state index is 13.0. The molecule has 168 valence electrons. The topological polar surface area (TPSA) is 109 Å². The lowest BCUT2D eigenvalue weighted by atomic mass is 10.1. The second kappa shape index (κ2) is 8.07. The maximum Gasteiger partial charge on any atom is 0.416 e. The van der Waals surface area contributed by atoms with Gasteiger partial charge in [-0.25, -0.2) is 13.4 Å². The molecule has 0 aliphatic carbocycles. The third-order valence-electron chi connectivity index (χ3n) is 4.56. The van der Waals surface area contributed by atoms with E-state index in [9.17, 15) is 31.5 Å². The molecule has 2 heterocycles. The van der Waals surface area contributed by atoms with Crippen LogP contribution in [0.3, 0.4) is 0 Å². The normalized spacial score (nSPS) is 14.1. The molecule has 3 aromatic rings. The van der Waals surface area contributed by atoms with Crippen LogP contribution in [0.4, 0.5) is 29.7 Å². The first-order valence-corrected chi connectivity index (χ1v) is 11.3. The van der Waals surface area contributed by atoms with E-state index < -0.39 is 40.9 Å². The van der Waals surface area contributed by atoms with Crippen LogP contribution in [0.15, 0.2) is 52.9 Å². The van der Waals surface area contributed by atoms with Crippen LogP contribution < -0.4 is 14.4 Å². The molecule has 1 aliphatic rings. The summed E-state index contributed by atoms with van der Waals surface area (Å²) in [6.07, 6.45) is -3.19. The van der Waals surface area contributed by atoms with Gasteiger partial charge in [-0.1, -0.05) is 0 Å². The van der Waals surface area contributed by atoms with E-state index in [0.717, 1.165) is 34.4 Å². The molecule has 1 aromatic heterocycles. The number of hydrogen-bond donors (Lipinski definition) is 2. The van der Waals surface area contributed by atoms with Gasteiger partial charge in [0.05, 0.1) is 28.4 Å². The molecule has 0 unspecified atom stereocenters. The number of amides is 1. The minimum Gasteiger partial charge on any atom is -0.481 e. The zero-order valence-electron chi connectivity index (χ0n) is 16.0. The molecule has 0 atom stereocenters. The van der Waals surface area contributed by atoms with Crippen molar-refractivity contribution in [3.63, 3.8) is 0 Å². The van der Waals surface area contributed by atoms with Gasteiger partial charge in [0.15, 0.2) is 11.7 Å². The summed E-state index contributed by atoms with van der Waals surface area (Å²) in [7, 11) is -4.00. The SMILES string of the molecule is O=C1COc2cc(S(=O)(=O)Nc3nccs3)ccc2N1c1ccc(C(F)(F)F)cc1CO. The Kier molecular flexibility index (Phi) is 5.56. The van der Waals surface area contributed by atoms with Crippen molar-refractivity contribution in [2.45, 2.75) is 17.7 Å². The third-order valence-corrected chi connectivity index (χ3v) is 6.71. The van der Waals surface area contributed by atoms with Crippen molar-refractivity contribution in [2.24, 2.45) is 0 Å². The molecule has 4 rings (SSSR count). The number of hydrogen-bond acceptors (Lipinski definition) is 7. The van der Waals surface area contributed by atoms with Gasteiger partial charge in [-0.05, 0) is 30.3 Å². The molecular weight excluding hydrogens is 471 g/mol. The molecule has 0 saturated heterocycles. The summed E-state index contributed by atoms with van der Waals surface area (Å²) in [6, 6.07) is 6.37. The number of ether oxygens (including phenoxy) is 1. The Labute approximate surface area is 183 Å². The Hall–Kier alpha value is -3.16. The van der Waals surface area contributed by atoms with Crippen molar-refractivity contribution in [1.29, 1.82) is 0 Å². The quantitative estimate of drug-likeness (QED) is 0.573. The van der Waals surface area contributed by atoms with E-state index in [1.807, 2.05) is 0 Å². The molecule has 0 saturated carbocycles. The van der Waals surface area contributed by atoms with Crippen molar-refractivity contribution < 1.29 is 36.2 Å². The van der Waals surface area contributed by atoms with E-state index in [2.05, 4.69) is 9.71 Å². The first-order valence-electron chi connectivity index (χ1n) is 8.93. The summed E-state index contributed by atoms with van der Waals surface area (Å²) in [5.74, 6) is -0.557. The number of thiazole rings is 1. The summed E-state index contributed by atoms with van der Waals surface area (Å²) < 4.78 is 72.0. The van der Waals surface area contributed by atoms with Gasteiger partial charge in [-0.3, -0.25) is 14.4 Å². The zero-order valence-corrected chi connectivity index (χ0v) is 17.6. The highest BCUT2D eigenvalue weighted by Crippen LogP contribution is 2.41. The Bertz CT molecular complexity index is 1280. The van der Waals surface area contributed by atoms with E-state index in [-0.39, 0.29) is 32.7 Å². The highest BCUT2D eigenvalue weighted by atomic mass is 32.2. The van der Waals surface area contributed by atoms with Crippen LogP contribution >= 0.6 is 11.3 Å². The number of aliphatic hydroxyl groups excluding tert-OH is 1. The predicted molar refractivity (Wildman–Crippen MR) is 109 cm³/mol. The molecule has 1 amide bonds. The van der Waals surface area contributed by atoms with E-state index in [0.29, 0.717) is 0 Å². The number of carbonyl (C=O) groups is 1. The predicted octanol–water partition coefficient (Wildman–Crippen LogP) is 3.51. The van der Waals surface area contributed by atoms with E-state index in [1.54, 1.807) is 5.38 Å². The Balaban J connectivity index is 1.74. The Morgan fingerprint density at radius 3 is 2.59 bits per heavy atom. The summed E-state index contributed by atoms with van der Waals surface area (Å²) in [5, 5.41) is 11.4. The Morgan fingerprint density at radius 1 is 1.19 bits per heavy atom. The fourth-order valence-electron chi connectivity index (χ4n) is 3.12. The van der Waals surface area contributed by atoms with Crippen LogP contribution in [0.5, 0.6) is 5.75 Å². The molecule has 0 fully saturated rings. The lowest BCUT2D eigenvalue weighted by molar-refractivity contribution is -0.137. The molecule has 2 aromatic carbocycles. The second-order valence-electron chi connectivity index (χ2n) is 6.59. The average molecular weight is 485 g/mol. The minimum absolute atomic E-state index is 0.0339. The van der Waals surface area contributed by atoms with Crippen LogP contribution in [0.1, 0.15) is 11.1 Å². The third kappa shape index (κ3) is 4.13. The van der Waals surface area contributed by atoms with Crippen molar-refractivity contribution in [3.05, 3.63) is 59.1 Å². The summed E-state index contributed by atoms with van der Waals surface area (Å²) >= 11 is 1.09.